The van der Waals surface area contributed by atoms with Crippen molar-refractivity contribution in [1.82, 2.24) is 10.6 Å². The Balaban J connectivity index is 2.51. The molecule has 0 aliphatic carbocycles. The van der Waals surface area contributed by atoms with E-state index in [-0.39, 0.29) is 5.54 Å². The van der Waals surface area contributed by atoms with Gasteiger partial charge in [0.15, 0.2) is 0 Å². The predicted molar refractivity (Wildman–Crippen MR) is 92.3 cm³/mol. The largest absolute Gasteiger partial charge is 0.444 e. The molecular formula is C18H30N2O3. The summed E-state index contributed by atoms with van der Waals surface area (Å²) < 4.78 is 10.5. The quantitative estimate of drug-likeness (QED) is 0.809. The number of carbonyl (C=O) groups is 1. The first kappa shape index (κ1) is 19.5. The van der Waals surface area contributed by atoms with Crippen LogP contribution in [-0.4, -0.2) is 30.9 Å². The Kier molecular flexibility index (Phi) is 7.03. The molecule has 130 valence electrons. The van der Waals surface area contributed by atoms with Crippen molar-refractivity contribution in [2.24, 2.45) is 0 Å². The van der Waals surface area contributed by atoms with Gasteiger partial charge in [-0.25, -0.2) is 4.79 Å². The molecule has 23 heavy (non-hydrogen) atoms. The summed E-state index contributed by atoms with van der Waals surface area (Å²) in [4.78, 5) is 11.7. The molecule has 0 aromatic heterocycles. The second-order valence-electron chi connectivity index (χ2n) is 7.29. The van der Waals surface area contributed by atoms with Crippen molar-refractivity contribution in [1.29, 1.82) is 0 Å². The molecule has 0 unspecified atom stereocenters. The summed E-state index contributed by atoms with van der Waals surface area (Å²) in [5.41, 5.74) is 1.62. The zero-order chi connectivity index (χ0) is 17.5. The Morgan fingerprint density at radius 3 is 2.26 bits per heavy atom. The van der Waals surface area contributed by atoms with E-state index < -0.39 is 11.7 Å². The lowest BCUT2D eigenvalue weighted by Crippen LogP contribution is -2.49. The first-order valence-electron chi connectivity index (χ1n) is 7.90. The van der Waals surface area contributed by atoms with Crippen LogP contribution in [0.5, 0.6) is 0 Å². The Morgan fingerprint density at radius 1 is 1.09 bits per heavy atom. The maximum absolute atomic E-state index is 11.7. The molecule has 1 amide bonds. The summed E-state index contributed by atoms with van der Waals surface area (Å²) >= 11 is 0. The number of benzene rings is 1. The van der Waals surface area contributed by atoms with Crippen LogP contribution in [0.15, 0.2) is 24.3 Å². The second-order valence-corrected chi connectivity index (χ2v) is 7.29. The molecule has 0 saturated carbocycles. The zero-order valence-electron chi connectivity index (χ0n) is 15.2. The van der Waals surface area contributed by atoms with Gasteiger partial charge in [-0.1, -0.05) is 24.3 Å². The summed E-state index contributed by atoms with van der Waals surface area (Å²) in [5, 5.41) is 6.27. The molecule has 1 aromatic rings. The molecule has 0 aliphatic heterocycles. The van der Waals surface area contributed by atoms with Gasteiger partial charge >= 0.3 is 6.09 Å². The third-order valence-corrected chi connectivity index (χ3v) is 3.25. The fourth-order valence-electron chi connectivity index (χ4n) is 2.03. The highest BCUT2D eigenvalue weighted by Crippen LogP contribution is 2.12. The van der Waals surface area contributed by atoms with Crippen LogP contribution in [-0.2, 0) is 22.6 Å². The van der Waals surface area contributed by atoms with Crippen LogP contribution < -0.4 is 10.6 Å². The number of hydrogen-bond donors (Lipinski definition) is 2. The number of hydrogen-bond acceptors (Lipinski definition) is 4. The van der Waals surface area contributed by atoms with Crippen LogP contribution >= 0.6 is 0 Å². The highest BCUT2D eigenvalue weighted by molar-refractivity contribution is 5.67. The van der Waals surface area contributed by atoms with Crippen molar-refractivity contribution in [2.45, 2.75) is 58.9 Å². The summed E-state index contributed by atoms with van der Waals surface area (Å²) in [6, 6.07) is 8.17. The minimum absolute atomic E-state index is 0.253. The fourth-order valence-corrected chi connectivity index (χ4v) is 2.03. The third kappa shape index (κ3) is 8.00. The second kappa shape index (κ2) is 8.31. The standard InChI is InChI=1S/C18H30N2O3/c1-17(2,3)23-16(21)19-13-18(4,5)20-11-14-9-7-8-10-15(14)12-22-6/h7-10,20H,11-13H2,1-6H3,(H,19,21). The molecule has 5 heteroatoms. The Hall–Kier alpha value is -1.59. The van der Waals surface area contributed by atoms with Gasteiger partial charge in [0.05, 0.1) is 6.61 Å². The molecule has 0 fully saturated rings. The van der Waals surface area contributed by atoms with Crippen molar-refractivity contribution >= 4 is 6.09 Å². The van der Waals surface area contributed by atoms with Gasteiger partial charge in [0.1, 0.15) is 5.60 Å². The van der Waals surface area contributed by atoms with E-state index in [1.807, 2.05) is 46.8 Å². The predicted octanol–water partition coefficient (Wildman–Crippen LogP) is 3.23. The molecule has 0 radical (unpaired) electrons. The Labute approximate surface area is 139 Å². The molecule has 0 atom stereocenters. The van der Waals surface area contributed by atoms with Crippen molar-refractivity contribution in [3.8, 4) is 0 Å². The molecule has 0 bridgehead atoms. The van der Waals surface area contributed by atoms with E-state index in [4.69, 9.17) is 9.47 Å². The van der Waals surface area contributed by atoms with Crippen LogP contribution in [0.3, 0.4) is 0 Å². The summed E-state index contributed by atoms with van der Waals surface area (Å²) in [7, 11) is 1.69. The minimum atomic E-state index is -0.485. The van der Waals surface area contributed by atoms with E-state index in [0.717, 1.165) is 0 Å². The Bertz CT molecular complexity index is 507. The van der Waals surface area contributed by atoms with Gasteiger partial charge in [-0.05, 0) is 45.7 Å². The Morgan fingerprint density at radius 2 is 1.70 bits per heavy atom. The molecule has 1 aromatic carbocycles. The van der Waals surface area contributed by atoms with Crippen LogP contribution in [0.4, 0.5) is 4.79 Å². The summed E-state index contributed by atoms with van der Waals surface area (Å²) in [5.74, 6) is 0. The smallest absolute Gasteiger partial charge is 0.407 e. The van der Waals surface area contributed by atoms with E-state index in [2.05, 4.69) is 22.8 Å². The number of rotatable bonds is 7. The normalized spacial score (nSPS) is 12.1. The van der Waals surface area contributed by atoms with Gasteiger partial charge < -0.3 is 20.1 Å². The van der Waals surface area contributed by atoms with E-state index in [0.29, 0.717) is 19.7 Å². The molecule has 0 aliphatic rings. The van der Waals surface area contributed by atoms with Gasteiger partial charge in [0.25, 0.3) is 0 Å². The van der Waals surface area contributed by atoms with E-state index in [9.17, 15) is 4.79 Å². The van der Waals surface area contributed by atoms with Crippen molar-refractivity contribution in [3.05, 3.63) is 35.4 Å². The lowest BCUT2D eigenvalue weighted by molar-refractivity contribution is 0.0513. The first-order valence-corrected chi connectivity index (χ1v) is 7.90. The highest BCUT2D eigenvalue weighted by Gasteiger charge is 2.21. The number of methoxy groups -OCH3 is 1. The lowest BCUT2D eigenvalue weighted by Gasteiger charge is -2.28. The molecule has 0 saturated heterocycles. The van der Waals surface area contributed by atoms with Crippen LogP contribution in [0.2, 0.25) is 0 Å². The fraction of sp³-hybridized carbons (Fsp3) is 0.611. The summed E-state index contributed by atoms with van der Waals surface area (Å²) in [6.45, 7) is 11.4. The maximum atomic E-state index is 11.7. The number of amides is 1. The number of ether oxygens (including phenoxy) is 2. The van der Waals surface area contributed by atoms with Gasteiger partial charge in [0, 0.05) is 25.7 Å². The van der Waals surface area contributed by atoms with E-state index >= 15 is 0 Å². The van der Waals surface area contributed by atoms with E-state index in [1.165, 1.54) is 11.1 Å². The van der Waals surface area contributed by atoms with Crippen molar-refractivity contribution in [3.63, 3.8) is 0 Å². The van der Waals surface area contributed by atoms with Gasteiger partial charge in [-0.3, -0.25) is 0 Å². The monoisotopic (exact) mass is 322 g/mol. The van der Waals surface area contributed by atoms with Gasteiger partial charge in [-0.2, -0.15) is 0 Å². The lowest BCUT2D eigenvalue weighted by atomic mass is 10.0. The first-order chi connectivity index (χ1) is 10.6. The third-order valence-electron chi connectivity index (χ3n) is 3.25. The van der Waals surface area contributed by atoms with Crippen LogP contribution in [0, 0.1) is 0 Å². The average molecular weight is 322 g/mol. The SMILES string of the molecule is COCc1ccccc1CNC(C)(C)CNC(=O)OC(C)(C)C. The van der Waals surface area contributed by atoms with Crippen molar-refractivity contribution < 1.29 is 14.3 Å². The van der Waals surface area contributed by atoms with Crippen molar-refractivity contribution in [2.75, 3.05) is 13.7 Å². The minimum Gasteiger partial charge on any atom is -0.444 e. The highest BCUT2D eigenvalue weighted by atomic mass is 16.6. The molecule has 2 N–H and O–H groups in total. The van der Waals surface area contributed by atoms with Crippen LogP contribution in [0.1, 0.15) is 45.7 Å². The van der Waals surface area contributed by atoms with Gasteiger partial charge in [0.2, 0.25) is 0 Å². The number of nitrogens with one attached hydrogen (secondary N) is 2. The maximum Gasteiger partial charge on any atom is 0.407 e. The topological polar surface area (TPSA) is 59.6 Å². The van der Waals surface area contributed by atoms with Crippen LogP contribution in [0.25, 0.3) is 0 Å². The summed E-state index contributed by atoms with van der Waals surface area (Å²) in [6.07, 6.45) is -0.396. The van der Waals surface area contributed by atoms with E-state index in [1.54, 1.807) is 7.11 Å². The number of alkyl carbamates (subject to hydrolysis) is 1. The molecule has 5 nitrogen and oxygen atoms in total. The molecular weight excluding hydrogens is 292 g/mol. The average Bonchev–Trinajstić information content (AvgIpc) is 2.43. The molecule has 1 rings (SSSR count). The zero-order valence-corrected chi connectivity index (χ0v) is 15.2. The number of carbonyl (C=O) groups excluding carboxylic acids is 1. The van der Waals surface area contributed by atoms with Gasteiger partial charge in [-0.15, -0.1) is 0 Å². The molecule has 0 heterocycles. The molecule has 0 spiro atoms.